The number of aryl methyl sites for hydroxylation is 2. The van der Waals surface area contributed by atoms with Gasteiger partial charge in [0.15, 0.2) is 5.82 Å². The number of tetrazole rings is 1. The number of anilines is 1. The van der Waals surface area contributed by atoms with E-state index in [9.17, 15) is 0 Å². The van der Waals surface area contributed by atoms with E-state index in [2.05, 4.69) is 83.4 Å². The second-order valence-electron chi connectivity index (χ2n) is 8.53. The summed E-state index contributed by atoms with van der Waals surface area (Å²) >= 11 is 0. The lowest BCUT2D eigenvalue weighted by Gasteiger charge is -2.40. The maximum absolute atomic E-state index is 5.72. The number of ether oxygens (including phenoxy) is 1. The maximum atomic E-state index is 5.72. The summed E-state index contributed by atoms with van der Waals surface area (Å²) in [6.07, 6.45) is 0. The Hall–Kier alpha value is -2.93. The quantitative estimate of drug-likeness (QED) is 0.605. The van der Waals surface area contributed by atoms with Crippen molar-refractivity contribution < 1.29 is 4.74 Å². The fourth-order valence-electron chi connectivity index (χ4n) is 4.42. The summed E-state index contributed by atoms with van der Waals surface area (Å²) in [4.78, 5) is 4.97. The highest BCUT2D eigenvalue weighted by Crippen LogP contribution is 2.35. The highest BCUT2D eigenvalue weighted by molar-refractivity contribution is 5.55. The monoisotopic (exact) mass is 420 g/mol. The standard InChI is InChI=1S/C24H32N6O/c1-17(2)30-24(25-26-27-30)23(20-8-6-7-9-22(20)31-5)29-14-12-28(13-15-29)21-16-18(3)10-11-19(21)4/h6-11,16-17,23H,12-15H2,1-5H3/t23-/m1/s1. The maximum Gasteiger partial charge on any atom is 0.173 e. The second kappa shape index (κ2) is 9.06. The molecule has 0 bridgehead atoms. The van der Waals surface area contributed by atoms with E-state index in [0.717, 1.165) is 43.3 Å². The predicted molar refractivity (Wildman–Crippen MR) is 123 cm³/mol. The Morgan fingerprint density at radius 1 is 0.968 bits per heavy atom. The van der Waals surface area contributed by atoms with E-state index in [4.69, 9.17) is 4.74 Å². The topological polar surface area (TPSA) is 59.3 Å². The van der Waals surface area contributed by atoms with Crippen LogP contribution in [0.25, 0.3) is 0 Å². The second-order valence-corrected chi connectivity index (χ2v) is 8.53. The molecule has 1 aliphatic rings. The first-order valence-corrected chi connectivity index (χ1v) is 11.0. The molecule has 1 atom stereocenters. The lowest BCUT2D eigenvalue weighted by molar-refractivity contribution is 0.195. The predicted octanol–water partition coefficient (Wildman–Crippen LogP) is 3.79. The normalized spacial score (nSPS) is 16.0. The average molecular weight is 421 g/mol. The molecule has 7 heteroatoms. The molecule has 0 radical (unpaired) electrons. The van der Waals surface area contributed by atoms with Gasteiger partial charge >= 0.3 is 0 Å². The highest BCUT2D eigenvalue weighted by Gasteiger charge is 2.33. The number of nitrogens with zero attached hydrogens (tertiary/aromatic N) is 6. The van der Waals surface area contributed by atoms with Crippen LogP contribution < -0.4 is 9.64 Å². The smallest absolute Gasteiger partial charge is 0.173 e. The number of piperazine rings is 1. The number of hydrogen-bond acceptors (Lipinski definition) is 6. The minimum Gasteiger partial charge on any atom is -0.496 e. The highest BCUT2D eigenvalue weighted by atomic mass is 16.5. The van der Waals surface area contributed by atoms with Crippen molar-refractivity contribution >= 4 is 5.69 Å². The molecule has 31 heavy (non-hydrogen) atoms. The molecular formula is C24H32N6O. The Bertz CT molecular complexity index is 1020. The first-order chi connectivity index (χ1) is 15.0. The third-order valence-electron chi connectivity index (χ3n) is 6.07. The Labute approximate surface area is 184 Å². The van der Waals surface area contributed by atoms with E-state index >= 15 is 0 Å². The van der Waals surface area contributed by atoms with Gasteiger partial charge in [-0.25, -0.2) is 4.68 Å². The van der Waals surface area contributed by atoms with Crippen LogP contribution in [-0.2, 0) is 0 Å². The molecule has 164 valence electrons. The number of methoxy groups -OCH3 is 1. The summed E-state index contributed by atoms with van der Waals surface area (Å²) in [5.41, 5.74) is 5.05. The number of benzene rings is 2. The molecular weight excluding hydrogens is 388 g/mol. The molecule has 0 aliphatic carbocycles. The average Bonchev–Trinajstić information content (AvgIpc) is 3.26. The largest absolute Gasteiger partial charge is 0.496 e. The van der Waals surface area contributed by atoms with Gasteiger partial charge in [0.25, 0.3) is 0 Å². The minimum absolute atomic E-state index is 0.0608. The van der Waals surface area contributed by atoms with Crippen molar-refractivity contribution in [3.8, 4) is 5.75 Å². The summed E-state index contributed by atoms with van der Waals surface area (Å²) in [7, 11) is 1.72. The van der Waals surface area contributed by atoms with E-state index in [-0.39, 0.29) is 12.1 Å². The molecule has 1 saturated heterocycles. The molecule has 4 rings (SSSR count). The first-order valence-electron chi connectivity index (χ1n) is 11.0. The van der Waals surface area contributed by atoms with Gasteiger partial charge in [0, 0.05) is 37.4 Å². The van der Waals surface area contributed by atoms with Gasteiger partial charge in [-0.1, -0.05) is 30.3 Å². The van der Waals surface area contributed by atoms with Crippen LogP contribution in [0.2, 0.25) is 0 Å². The van der Waals surface area contributed by atoms with Gasteiger partial charge < -0.3 is 9.64 Å². The Morgan fingerprint density at radius 2 is 1.71 bits per heavy atom. The van der Waals surface area contributed by atoms with E-state index < -0.39 is 0 Å². The zero-order valence-electron chi connectivity index (χ0n) is 19.1. The van der Waals surface area contributed by atoms with Crippen molar-refractivity contribution in [1.82, 2.24) is 25.1 Å². The zero-order chi connectivity index (χ0) is 22.0. The lowest BCUT2D eigenvalue weighted by Crippen LogP contribution is -2.48. The fraction of sp³-hybridized carbons (Fsp3) is 0.458. The Kier molecular flexibility index (Phi) is 6.23. The van der Waals surface area contributed by atoms with E-state index in [0.29, 0.717) is 0 Å². The number of aromatic nitrogens is 4. The molecule has 2 aromatic carbocycles. The van der Waals surface area contributed by atoms with E-state index in [1.54, 1.807) is 7.11 Å². The van der Waals surface area contributed by atoms with Gasteiger partial charge in [-0.05, 0) is 61.4 Å². The van der Waals surface area contributed by atoms with Crippen LogP contribution in [0.15, 0.2) is 42.5 Å². The van der Waals surface area contributed by atoms with E-state index in [1.807, 2.05) is 16.8 Å². The third-order valence-corrected chi connectivity index (χ3v) is 6.07. The fourth-order valence-corrected chi connectivity index (χ4v) is 4.42. The van der Waals surface area contributed by atoms with Crippen molar-refractivity contribution in [3.63, 3.8) is 0 Å². The van der Waals surface area contributed by atoms with Crippen molar-refractivity contribution in [1.29, 1.82) is 0 Å². The molecule has 1 aliphatic heterocycles. The molecule has 3 aromatic rings. The van der Waals surface area contributed by atoms with Crippen LogP contribution in [0.4, 0.5) is 5.69 Å². The molecule has 0 N–H and O–H groups in total. The molecule has 0 unspecified atom stereocenters. The van der Waals surface area contributed by atoms with Gasteiger partial charge in [0.2, 0.25) is 0 Å². The van der Waals surface area contributed by atoms with E-state index in [1.165, 1.54) is 16.8 Å². The third kappa shape index (κ3) is 4.28. The molecule has 1 aromatic heterocycles. The minimum atomic E-state index is -0.0608. The van der Waals surface area contributed by atoms with Crippen molar-refractivity contribution in [3.05, 3.63) is 65.0 Å². The van der Waals surface area contributed by atoms with Crippen LogP contribution in [0.3, 0.4) is 0 Å². The van der Waals surface area contributed by atoms with Gasteiger partial charge in [0.05, 0.1) is 13.2 Å². The summed E-state index contributed by atoms with van der Waals surface area (Å²) < 4.78 is 7.64. The number of para-hydroxylation sites is 1. The van der Waals surface area contributed by atoms with Crippen molar-refractivity contribution in [2.24, 2.45) is 0 Å². The summed E-state index contributed by atoms with van der Waals surface area (Å²) in [5.74, 6) is 1.72. The van der Waals surface area contributed by atoms with Gasteiger partial charge in [0.1, 0.15) is 11.8 Å². The first kappa shape index (κ1) is 21.3. The zero-order valence-corrected chi connectivity index (χ0v) is 19.1. The van der Waals surface area contributed by atoms with Crippen LogP contribution in [-0.4, -0.2) is 58.4 Å². The Morgan fingerprint density at radius 3 is 2.42 bits per heavy atom. The number of hydrogen-bond donors (Lipinski definition) is 0. The van der Waals surface area contributed by atoms with Crippen molar-refractivity contribution in [2.45, 2.75) is 39.8 Å². The van der Waals surface area contributed by atoms with Gasteiger partial charge in [-0.2, -0.15) is 0 Å². The summed E-state index contributed by atoms with van der Waals surface area (Å²) in [6, 6.07) is 15.0. The molecule has 0 amide bonds. The van der Waals surface area contributed by atoms with Crippen molar-refractivity contribution in [2.75, 3.05) is 38.2 Å². The van der Waals surface area contributed by atoms with Crippen LogP contribution in [0, 0.1) is 13.8 Å². The molecule has 1 fully saturated rings. The SMILES string of the molecule is COc1ccccc1[C@H](c1nnnn1C(C)C)N1CCN(c2cc(C)ccc2C)CC1. The summed E-state index contributed by atoms with van der Waals surface area (Å²) in [6.45, 7) is 12.3. The van der Waals surface area contributed by atoms with Crippen LogP contribution in [0.1, 0.15) is 48.4 Å². The lowest BCUT2D eigenvalue weighted by atomic mass is 10.0. The molecule has 0 spiro atoms. The molecule has 2 heterocycles. The molecule has 7 nitrogen and oxygen atoms in total. The Balaban J connectivity index is 1.66. The van der Waals surface area contributed by atoms with Crippen LogP contribution in [0.5, 0.6) is 5.75 Å². The van der Waals surface area contributed by atoms with Gasteiger partial charge in [-0.15, -0.1) is 5.10 Å². The number of rotatable bonds is 6. The molecule has 0 saturated carbocycles. The van der Waals surface area contributed by atoms with Crippen LogP contribution >= 0.6 is 0 Å². The summed E-state index contributed by atoms with van der Waals surface area (Å²) in [5, 5.41) is 12.7. The van der Waals surface area contributed by atoms with Gasteiger partial charge in [-0.3, -0.25) is 4.90 Å².